The predicted molar refractivity (Wildman–Crippen MR) is 126 cm³/mol. The Morgan fingerprint density at radius 2 is 1.71 bits per heavy atom. The highest BCUT2D eigenvalue weighted by atomic mass is 32.2. The summed E-state index contributed by atoms with van der Waals surface area (Å²) in [4.78, 5) is 12.5. The number of nitro groups is 1. The van der Waals surface area contributed by atoms with Crippen LogP contribution in [-0.4, -0.2) is 55.3 Å². The molecule has 10 nitrogen and oxygen atoms in total. The van der Waals surface area contributed by atoms with Gasteiger partial charge < -0.3 is 14.2 Å². The summed E-state index contributed by atoms with van der Waals surface area (Å²) in [7, 11) is -4.49. The van der Waals surface area contributed by atoms with E-state index in [1.807, 2.05) is 6.08 Å². The summed E-state index contributed by atoms with van der Waals surface area (Å²) in [5.74, 6) is 0. The van der Waals surface area contributed by atoms with Crippen LogP contribution < -0.4 is 5.43 Å². The lowest BCUT2D eigenvalue weighted by molar-refractivity contribution is -0.384. The molecule has 1 aliphatic heterocycles. The number of nitro benzene ring substituents is 1. The van der Waals surface area contributed by atoms with E-state index in [9.17, 15) is 23.1 Å². The summed E-state index contributed by atoms with van der Waals surface area (Å²) in [5, 5.41) is 15.2. The Kier molecular flexibility index (Phi) is 7.06. The van der Waals surface area contributed by atoms with Crippen molar-refractivity contribution in [2.75, 3.05) is 31.7 Å². The molecule has 0 spiro atoms. The summed E-state index contributed by atoms with van der Waals surface area (Å²) in [5.41, 5.74) is 7.61. The lowest BCUT2D eigenvalue weighted by Crippen LogP contribution is -2.36. The van der Waals surface area contributed by atoms with E-state index in [4.69, 9.17) is 4.74 Å². The van der Waals surface area contributed by atoms with Gasteiger partial charge in [-0.1, -0.05) is 0 Å². The van der Waals surface area contributed by atoms with E-state index >= 15 is 0 Å². The highest BCUT2D eigenvalue weighted by Gasteiger charge is 2.25. The smallest absolute Gasteiger partial charge is 0.269 e. The maximum atomic E-state index is 11.1. The first-order valence-corrected chi connectivity index (χ1v) is 12.1. The molecule has 11 heteroatoms. The fraction of sp³-hybridized carbons (Fsp3) is 0.261. The number of hydrogen-bond donors (Lipinski definition) is 1. The third-order valence-electron chi connectivity index (χ3n) is 5.60. The van der Waals surface area contributed by atoms with Gasteiger partial charge in [-0.2, -0.15) is 5.10 Å². The molecular weight excluding hydrogens is 460 g/mol. The maximum absolute atomic E-state index is 11.1. The molecule has 2 aliphatic rings. The molecule has 1 aliphatic carbocycles. The Hall–Kier alpha value is -3.54. The molecule has 4 rings (SSSR count). The van der Waals surface area contributed by atoms with Gasteiger partial charge in [0.15, 0.2) is 0 Å². The van der Waals surface area contributed by atoms with Gasteiger partial charge >= 0.3 is 0 Å². The highest BCUT2D eigenvalue weighted by Crippen LogP contribution is 2.35. The topological polar surface area (TPSA) is 137 Å². The van der Waals surface area contributed by atoms with E-state index in [1.165, 1.54) is 36.4 Å². The monoisotopic (exact) mass is 483 g/mol. The number of anilines is 1. The van der Waals surface area contributed by atoms with Crippen molar-refractivity contribution in [1.82, 2.24) is 4.90 Å². The van der Waals surface area contributed by atoms with Crippen molar-refractivity contribution in [3.8, 4) is 0 Å². The van der Waals surface area contributed by atoms with E-state index in [-0.39, 0.29) is 10.6 Å². The summed E-state index contributed by atoms with van der Waals surface area (Å²) in [6.07, 6.45) is 5.38. The van der Waals surface area contributed by atoms with Crippen LogP contribution in [0.25, 0.3) is 6.08 Å². The van der Waals surface area contributed by atoms with E-state index in [0.717, 1.165) is 48.3 Å². The Morgan fingerprint density at radius 1 is 1.03 bits per heavy atom. The number of hydrazone groups is 1. The molecule has 1 heterocycles. The molecule has 1 fully saturated rings. The molecule has 1 saturated heterocycles. The molecule has 34 heavy (non-hydrogen) atoms. The molecule has 2 aromatic rings. The quantitative estimate of drug-likeness (QED) is 0.274. The van der Waals surface area contributed by atoms with Crippen molar-refractivity contribution in [3.05, 3.63) is 81.1 Å². The normalized spacial score (nSPS) is 18.1. The molecule has 0 bridgehead atoms. The van der Waals surface area contributed by atoms with Crippen LogP contribution in [0.3, 0.4) is 0 Å². The van der Waals surface area contributed by atoms with Gasteiger partial charge in [0.1, 0.15) is 10.1 Å². The summed E-state index contributed by atoms with van der Waals surface area (Å²) in [6, 6.07) is 11.9. The SMILES string of the molecule is O=[N+]([O-])c1ccc(/C=C2\CCC(/C=N\Nc3ccc(S(=O)(=O)[O-])cc3)=C2N2CCOCC2)cc1. The van der Waals surface area contributed by atoms with Gasteiger partial charge in [-0.3, -0.25) is 15.5 Å². The van der Waals surface area contributed by atoms with Crippen LogP contribution in [0.2, 0.25) is 0 Å². The highest BCUT2D eigenvalue weighted by molar-refractivity contribution is 7.85. The third kappa shape index (κ3) is 5.68. The van der Waals surface area contributed by atoms with Crippen molar-refractivity contribution < 1.29 is 22.6 Å². The van der Waals surface area contributed by atoms with Crippen LogP contribution >= 0.6 is 0 Å². The van der Waals surface area contributed by atoms with E-state index < -0.39 is 15.0 Å². The average Bonchev–Trinajstić information content (AvgIpc) is 3.22. The first-order valence-electron chi connectivity index (χ1n) is 10.7. The minimum absolute atomic E-state index is 0.0531. The Balaban J connectivity index is 1.57. The largest absolute Gasteiger partial charge is 0.744 e. The first-order chi connectivity index (χ1) is 16.3. The van der Waals surface area contributed by atoms with Gasteiger partial charge in [0.05, 0.1) is 34.9 Å². The minimum Gasteiger partial charge on any atom is -0.744 e. The van der Waals surface area contributed by atoms with E-state index in [1.54, 1.807) is 18.3 Å². The number of ether oxygens (including phenoxy) is 1. The van der Waals surface area contributed by atoms with Crippen LogP contribution in [0, 0.1) is 10.1 Å². The zero-order valence-corrected chi connectivity index (χ0v) is 19.0. The Labute approximate surface area is 197 Å². The van der Waals surface area contributed by atoms with Crippen LogP contribution in [0.5, 0.6) is 0 Å². The second-order valence-electron chi connectivity index (χ2n) is 7.84. The van der Waals surface area contributed by atoms with Gasteiger partial charge in [0.25, 0.3) is 5.69 Å². The number of non-ortho nitro benzene ring substituents is 1. The molecule has 2 aromatic carbocycles. The van der Waals surface area contributed by atoms with Crippen molar-refractivity contribution in [2.45, 2.75) is 17.7 Å². The van der Waals surface area contributed by atoms with E-state index in [0.29, 0.717) is 18.9 Å². The first kappa shape index (κ1) is 23.6. The fourth-order valence-electron chi connectivity index (χ4n) is 3.95. The lowest BCUT2D eigenvalue weighted by atomic mass is 10.1. The number of allylic oxidation sites excluding steroid dienone is 2. The summed E-state index contributed by atoms with van der Waals surface area (Å²) >= 11 is 0. The van der Waals surface area contributed by atoms with Crippen LogP contribution in [-0.2, 0) is 14.9 Å². The van der Waals surface area contributed by atoms with E-state index in [2.05, 4.69) is 15.4 Å². The molecule has 0 unspecified atom stereocenters. The predicted octanol–water partition coefficient (Wildman–Crippen LogP) is 3.36. The Morgan fingerprint density at radius 3 is 2.32 bits per heavy atom. The molecule has 0 atom stereocenters. The van der Waals surface area contributed by atoms with Crippen LogP contribution in [0.4, 0.5) is 11.4 Å². The molecule has 0 amide bonds. The molecule has 0 aromatic heterocycles. The Bertz CT molecular complexity index is 1250. The van der Waals surface area contributed by atoms with Crippen LogP contribution in [0.15, 0.2) is 75.4 Å². The second kappa shape index (κ2) is 10.2. The number of rotatable bonds is 7. The van der Waals surface area contributed by atoms with Crippen LogP contribution in [0.1, 0.15) is 18.4 Å². The average molecular weight is 484 g/mol. The number of nitrogens with one attached hydrogen (secondary N) is 1. The zero-order chi connectivity index (χ0) is 24.1. The maximum Gasteiger partial charge on any atom is 0.269 e. The van der Waals surface area contributed by atoms with Gasteiger partial charge in [-0.05, 0) is 72.0 Å². The molecule has 1 N–H and O–H groups in total. The minimum atomic E-state index is -4.49. The number of hydrogen-bond acceptors (Lipinski definition) is 9. The number of benzene rings is 2. The van der Waals surface area contributed by atoms with Gasteiger partial charge in [0, 0.05) is 30.9 Å². The molecule has 0 radical (unpaired) electrons. The van der Waals surface area contributed by atoms with Crippen molar-refractivity contribution in [1.29, 1.82) is 0 Å². The zero-order valence-electron chi connectivity index (χ0n) is 18.2. The molecule has 178 valence electrons. The van der Waals surface area contributed by atoms with Crippen molar-refractivity contribution in [3.63, 3.8) is 0 Å². The van der Waals surface area contributed by atoms with Crippen molar-refractivity contribution in [2.24, 2.45) is 5.10 Å². The number of morpholine rings is 1. The molecule has 0 saturated carbocycles. The fourth-order valence-corrected chi connectivity index (χ4v) is 4.42. The third-order valence-corrected chi connectivity index (χ3v) is 6.45. The summed E-state index contributed by atoms with van der Waals surface area (Å²) < 4.78 is 38.7. The van der Waals surface area contributed by atoms with Gasteiger partial charge in [-0.25, -0.2) is 8.42 Å². The summed E-state index contributed by atoms with van der Waals surface area (Å²) in [6.45, 7) is 2.77. The van der Waals surface area contributed by atoms with Gasteiger partial charge in [0.2, 0.25) is 0 Å². The standard InChI is InChI=1S/C23H24N4O6S/c28-27(29)21-7-1-17(2-8-21)15-18-3-4-19(23(18)26-11-13-33-14-12-26)16-24-25-20-5-9-22(10-6-20)34(30,31)32/h1-2,5-10,15-16,25H,3-4,11-14H2,(H,30,31,32)/p-1/b18-15+,24-16-. The van der Waals surface area contributed by atoms with Gasteiger partial charge in [-0.15, -0.1) is 0 Å². The second-order valence-corrected chi connectivity index (χ2v) is 9.22. The number of nitrogens with zero attached hydrogens (tertiary/aromatic N) is 3. The lowest BCUT2D eigenvalue weighted by Gasteiger charge is -2.31. The molecular formula is C23H23N4O6S-. The van der Waals surface area contributed by atoms with Crippen molar-refractivity contribution >= 4 is 33.8 Å².